The number of halogens is 2. The van der Waals surface area contributed by atoms with Crippen LogP contribution in [0, 0.1) is 0 Å². The van der Waals surface area contributed by atoms with Gasteiger partial charge in [0.15, 0.2) is 5.16 Å². The number of fused-ring (bicyclic) bond motifs is 1. The fourth-order valence-corrected chi connectivity index (χ4v) is 2.51. The van der Waals surface area contributed by atoms with Gasteiger partial charge in [0.2, 0.25) is 0 Å². The lowest BCUT2D eigenvalue weighted by molar-refractivity contribution is 0.152. The second kappa shape index (κ2) is 5.84. The topological polar surface area (TPSA) is 47.8 Å². The molecule has 112 valence electrons. The summed E-state index contributed by atoms with van der Waals surface area (Å²) in [5, 5.41) is 0.436. The van der Waals surface area contributed by atoms with Crippen molar-refractivity contribution in [1.82, 2.24) is 14.5 Å². The van der Waals surface area contributed by atoms with Crippen molar-refractivity contribution in [3.05, 3.63) is 58.6 Å². The summed E-state index contributed by atoms with van der Waals surface area (Å²) < 4.78 is 28.0. The Morgan fingerprint density at radius 2 is 1.95 bits per heavy atom. The third-order valence-electron chi connectivity index (χ3n) is 3.21. The van der Waals surface area contributed by atoms with Crippen LogP contribution >= 0.6 is 11.8 Å². The summed E-state index contributed by atoms with van der Waals surface area (Å²) in [6.07, 6.45) is 1.47. The standard InChI is InChI=1S/C15H11F2N3OS/c1-22-15-18-7-10-12(19-15)11(13(16)17)8-20(14(10)21)9-5-3-2-4-6-9/h2-8,13H,1H3. The predicted octanol–water partition coefficient (Wildman–Crippen LogP) is 3.44. The number of alkyl halides is 2. The number of thioether (sulfide) groups is 1. The Labute approximate surface area is 128 Å². The summed E-state index contributed by atoms with van der Waals surface area (Å²) in [5.74, 6) is 0. The van der Waals surface area contributed by atoms with Crippen LogP contribution in [0.1, 0.15) is 12.0 Å². The SMILES string of the molecule is CSc1ncc2c(=O)n(-c3ccccc3)cc(C(F)F)c2n1. The first kappa shape index (κ1) is 14.6. The van der Waals surface area contributed by atoms with E-state index in [2.05, 4.69) is 9.97 Å². The van der Waals surface area contributed by atoms with Crippen LogP contribution in [0.3, 0.4) is 0 Å². The molecule has 1 aromatic carbocycles. The van der Waals surface area contributed by atoms with E-state index < -0.39 is 12.0 Å². The molecule has 0 fully saturated rings. The second-order valence-electron chi connectivity index (χ2n) is 4.51. The van der Waals surface area contributed by atoms with E-state index >= 15 is 0 Å². The van der Waals surface area contributed by atoms with E-state index in [1.807, 2.05) is 0 Å². The Morgan fingerprint density at radius 1 is 1.23 bits per heavy atom. The van der Waals surface area contributed by atoms with Gasteiger partial charge in [-0.1, -0.05) is 30.0 Å². The van der Waals surface area contributed by atoms with Crippen LogP contribution in [0.15, 0.2) is 52.7 Å². The van der Waals surface area contributed by atoms with Gasteiger partial charge in [0.1, 0.15) is 0 Å². The third kappa shape index (κ3) is 2.48. The van der Waals surface area contributed by atoms with Crippen molar-refractivity contribution in [1.29, 1.82) is 0 Å². The molecule has 0 saturated heterocycles. The molecule has 0 aliphatic heterocycles. The van der Waals surface area contributed by atoms with Gasteiger partial charge in [-0.2, -0.15) is 0 Å². The van der Waals surface area contributed by atoms with Gasteiger partial charge >= 0.3 is 0 Å². The van der Waals surface area contributed by atoms with Crippen molar-refractivity contribution in [3.8, 4) is 5.69 Å². The second-order valence-corrected chi connectivity index (χ2v) is 5.29. The Morgan fingerprint density at radius 3 is 2.59 bits per heavy atom. The summed E-state index contributed by atoms with van der Waals surface area (Å²) in [5.41, 5.74) is -0.175. The van der Waals surface area contributed by atoms with E-state index in [0.717, 1.165) is 6.20 Å². The number of benzene rings is 1. The van der Waals surface area contributed by atoms with Crippen LogP contribution < -0.4 is 5.56 Å². The van der Waals surface area contributed by atoms with Crippen molar-refractivity contribution in [2.75, 3.05) is 6.26 Å². The molecule has 3 rings (SSSR count). The summed E-state index contributed by atoms with van der Waals surface area (Å²) in [6, 6.07) is 8.62. The van der Waals surface area contributed by atoms with Crippen LogP contribution in [-0.4, -0.2) is 20.8 Å². The number of pyridine rings is 1. The number of rotatable bonds is 3. The van der Waals surface area contributed by atoms with Crippen molar-refractivity contribution in [2.24, 2.45) is 0 Å². The van der Waals surface area contributed by atoms with Gasteiger partial charge in [-0.3, -0.25) is 9.36 Å². The lowest BCUT2D eigenvalue weighted by atomic mass is 10.2. The highest BCUT2D eigenvalue weighted by Crippen LogP contribution is 2.26. The highest BCUT2D eigenvalue weighted by Gasteiger charge is 2.18. The zero-order chi connectivity index (χ0) is 15.7. The van der Waals surface area contributed by atoms with E-state index in [4.69, 9.17) is 0 Å². The highest BCUT2D eigenvalue weighted by atomic mass is 32.2. The van der Waals surface area contributed by atoms with E-state index in [0.29, 0.717) is 10.8 Å². The molecule has 2 heterocycles. The zero-order valence-corrected chi connectivity index (χ0v) is 12.3. The molecule has 0 amide bonds. The highest BCUT2D eigenvalue weighted by molar-refractivity contribution is 7.98. The van der Waals surface area contributed by atoms with Gasteiger partial charge in [0.25, 0.3) is 12.0 Å². The van der Waals surface area contributed by atoms with Gasteiger partial charge < -0.3 is 0 Å². The zero-order valence-electron chi connectivity index (χ0n) is 11.5. The number of nitrogens with zero attached hydrogens (tertiary/aromatic N) is 3. The smallest absolute Gasteiger partial charge is 0.267 e. The number of aromatic nitrogens is 3. The van der Waals surface area contributed by atoms with Crippen LogP contribution in [0.25, 0.3) is 16.6 Å². The Kier molecular flexibility index (Phi) is 3.89. The lowest BCUT2D eigenvalue weighted by Crippen LogP contribution is -2.20. The Bertz CT molecular complexity index is 881. The van der Waals surface area contributed by atoms with Gasteiger partial charge in [0.05, 0.1) is 16.5 Å². The molecule has 4 nitrogen and oxygen atoms in total. The monoisotopic (exact) mass is 319 g/mol. The molecule has 0 unspecified atom stereocenters. The fourth-order valence-electron chi connectivity index (χ4n) is 2.17. The minimum absolute atomic E-state index is 0.00605. The molecule has 0 atom stereocenters. The molecule has 0 saturated carbocycles. The minimum atomic E-state index is -2.73. The molecule has 0 N–H and O–H groups in total. The molecular formula is C15H11F2N3OS. The van der Waals surface area contributed by atoms with Gasteiger partial charge in [-0.05, 0) is 18.4 Å². The minimum Gasteiger partial charge on any atom is -0.283 e. The Balaban J connectivity index is 2.38. The van der Waals surface area contributed by atoms with Crippen molar-refractivity contribution < 1.29 is 8.78 Å². The van der Waals surface area contributed by atoms with E-state index in [1.165, 1.54) is 22.5 Å². The maximum Gasteiger partial charge on any atom is 0.267 e. The maximum absolute atomic E-state index is 13.4. The molecule has 2 aromatic heterocycles. The van der Waals surface area contributed by atoms with Crippen LogP contribution in [0.5, 0.6) is 0 Å². The van der Waals surface area contributed by atoms with Crippen LogP contribution in [0.4, 0.5) is 8.78 Å². The third-order valence-corrected chi connectivity index (χ3v) is 3.77. The van der Waals surface area contributed by atoms with Crippen molar-refractivity contribution in [3.63, 3.8) is 0 Å². The molecule has 7 heteroatoms. The van der Waals surface area contributed by atoms with Crippen molar-refractivity contribution in [2.45, 2.75) is 11.6 Å². The number of hydrogen-bond donors (Lipinski definition) is 0. The maximum atomic E-state index is 13.4. The lowest BCUT2D eigenvalue weighted by Gasteiger charge is -2.11. The molecule has 3 aromatic rings. The first-order valence-corrected chi connectivity index (χ1v) is 7.64. The summed E-state index contributed by atoms with van der Waals surface area (Å²) in [7, 11) is 0. The molecule has 0 bridgehead atoms. The van der Waals surface area contributed by atoms with E-state index in [-0.39, 0.29) is 16.5 Å². The normalized spacial score (nSPS) is 11.3. The first-order valence-electron chi connectivity index (χ1n) is 6.41. The molecule has 0 aliphatic rings. The fraction of sp³-hybridized carbons (Fsp3) is 0.133. The number of hydrogen-bond acceptors (Lipinski definition) is 4. The van der Waals surface area contributed by atoms with E-state index in [9.17, 15) is 13.6 Å². The van der Waals surface area contributed by atoms with Gasteiger partial charge in [-0.25, -0.2) is 18.7 Å². The summed E-state index contributed by atoms with van der Waals surface area (Å²) in [4.78, 5) is 20.6. The van der Waals surface area contributed by atoms with E-state index in [1.54, 1.807) is 36.6 Å². The number of para-hydroxylation sites is 1. The summed E-state index contributed by atoms with van der Waals surface area (Å²) >= 11 is 1.23. The first-order chi connectivity index (χ1) is 10.6. The average molecular weight is 319 g/mol. The van der Waals surface area contributed by atoms with Crippen molar-refractivity contribution >= 4 is 22.7 Å². The molecule has 0 spiro atoms. The summed E-state index contributed by atoms with van der Waals surface area (Å²) in [6.45, 7) is 0. The van der Waals surface area contributed by atoms with Gasteiger partial charge in [0, 0.05) is 18.1 Å². The quantitative estimate of drug-likeness (QED) is 0.548. The Hall–Kier alpha value is -2.28. The van der Waals surface area contributed by atoms with Gasteiger partial charge in [-0.15, -0.1) is 0 Å². The van der Waals surface area contributed by atoms with Crippen LogP contribution in [-0.2, 0) is 0 Å². The molecular weight excluding hydrogens is 308 g/mol. The average Bonchev–Trinajstić information content (AvgIpc) is 2.55. The largest absolute Gasteiger partial charge is 0.283 e. The molecule has 0 aliphatic carbocycles. The van der Waals surface area contributed by atoms with Crippen LogP contribution in [0.2, 0.25) is 0 Å². The molecule has 0 radical (unpaired) electrons. The molecule has 22 heavy (non-hydrogen) atoms. The predicted molar refractivity (Wildman–Crippen MR) is 81.9 cm³/mol.